The van der Waals surface area contributed by atoms with Crippen LogP contribution in [0.4, 0.5) is 0 Å². The van der Waals surface area contributed by atoms with Gasteiger partial charge in [-0.05, 0) is 47.2 Å². The average Bonchev–Trinajstić information content (AvgIpc) is 2.92. The average molecular weight is 276 g/mol. The third-order valence-corrected chi connectivity index (χ3v) is 4.14. The van der Waals surface area contributed by atoms with E-state index in [9.17, 15) is 0 Å². The quantitative estimate of drug-likeness (QED) is 0.901. The van der Waals surface area contributed by atoms with Crippen LogP contribution in [0.2, 0.25) is 5.02 Å². The van der Waals surface area contributed by atoms with Gasteiger partial charge < -0.3 is 9.73 Å². The van der Waals surface area contributed by atoms with Crippen molar-refractivity contribution in [1.82, 2.24) is 5.32 Å². The maximum absolute atomic E-state index is 6.14. The van der Waals surface area contributed by atoms with Gasteiger partial charge in [-0.1, -0.05) is 31.5 Å². The van der Waals surface area contributed by atoms with Gasteiger partial charge in [0.1, 0.15) is 5.76 Å². The minimum absolute atomic E-state index is 0.194. The summed E-state index contributed by atoms with van der Waals surface area (Å²) < 4.78 is 5.38. The Kier molecular flexibility index (Phi) is 3.15. The van der Waals surface area contributed by atoms with Crippen molar-refractivity contribution < 1.29 is 4.42 Å². The van der Waals surface area contributed by atoms with E-state index < -0.39 is 0 Å². The van der Waals surface area contributed by atoms with E-state index in [2.05, 4.69) is 31.3 Å². The Morgan fingerprint density at radius 3 is 2.95 bits per heavy atom. The van der Waals surface area contributed by atoms with Crippen molar-refractivity contribution in [3.63, 3.8) is 0 Å². The number of hydrogen-bond donors (Lipinski definition) is 1. The fraction of sp³-hybridized carbons (Fsp3) is 0.375. The first-order valence-electron chi connectivity index (χ1n) is 6.60. The SMILES string of the molecule is CC1(C)Cc2ccc(Cl)cc2C1NCc1ccco1. The van der Waals surface area contributed by atoms with Gasteiger partial charge in [0.2, 0.25) is 0 Å². The first-order chi connectivity index (χ1) is 9.06. The smallest absolute Gasteiger partial charge is 0.117 e. The van der Waals surface area contributed by atoms with Crippen LogP contribution in [0.5, 0.6) is 0 Å². The number of furan rings is 1. The van der Waals surface area contributed by atoms with Crippen molar-refractivity contribution in [1.29, 1.82) is 0 Å². The zero-order valence-corrected chi connectivity index (χ0v) is 12.0. The maximum atomic E-state index is 6.14. The lowest BCUT2D eigenvalue weighted by Crippen LogP contribution is -2.30. The van der Waals surface area contributed by atoms with Crippen LogP contribution in [-0.2, 0) is 13.0 Å². The first kappa shape index (κ1) is 12.8. The minimum Gasteiger partial charge on any atom is -0.468 e. The molecule has 1 aliphatic carbocycles. The number of fused-ring (bicyclic) bond motifs is 1. The summed E-state index contributed by atoms with van der Waals surface area (Å²) in [6.07, 6.45) is 2.79. The lowest BCUT2D eigenvalue weighted by Gasteiger charge is -2.28. The van der Waals surface area contributed by atoms with Crippen LogP contribution < -0.4 is 5.32 Å². The molecule has 19 heavy (non-hydrogen) atoms. The molecule has 100 valence electrons. The number of hydrogen-bond acceptors (Lipinski definition) is 2. The normalized spacial score (nSPS) is 20.5. The molecular formula is C16H18ClNO. The Balaban J connectivity index is 1.85. The Morgan fingerprint density at radius 1 is 1.37 bits per heavy atom. The van der Waals surface area contributed by atoms with Gasteiger partial charge >= 0.3 is 0 Å². The van der Waals surface area contributed by atoms with Gasteiger partial charge in [-0.3, -0.25) is 0 Å². The Bertz CT molecular complexity index is 574. The Morgan fingerprint density at radius 2 is 2.21 bits per heavy atom. The second-order valence-electron chi connectivity index (χ2n) is 5.90. The summed E-state index contributed by atoms with van der Waals surface area (Å²) in [6.45, 7) is 5.33. The molecule has 0 saturated carbocycles. The van der Waals surface area contributed by atoms with Crippen LogP contribution in [0.3, 0.4) is 0 Å². The van der Waals surface area contributed by atoms with E-state index in [0.29, 0.717) is 6.04 Å². The van der Waals surface area contributed by atoms with E-state index in [0.717, 1.165) is 23.7 Å². The zero-order chi connectivity index (χ0) is 13.5. The van der Waals surface area contributed by atoms with Crippen molar-refractivity contribution in [3.05, 3.63) is 58.5 Å². The van der Waals surface area contributed by atoms with E-state index in [1.807, 2.05) is 18.2 Å². The van der Waals surface area contributed by atoms with Crippen LogP contribution in [0.1, 0.15) is 36.8 Å². The van der Waals surface area contributed by atoms with Crippen LogP contribution in [-0.4, -0.2) is 0 Å². The molecule has 3 heteroatoms. The highest BCUT2D eigenvalue weighted by Gasteiger charge is 2.38. The highest BCUT2D eigenvalue weighted by molar-refractivity contribution is 6.30. The van der Waals surface area contributed by atoms with Crippen molar-refractivity contribution in [2.75, 3.05) is 0 Å². The van der Waals surface area contributed by atoms with Crippen molar-refractivity contribution in [3.8, 4) is 0 Å². The van der Waals surface area contributed by atoms with Gasteiger partial charge in [0, 0.05) is 11.1 Å². The Labute approximate surface area is 118 Å². The number of nitrogens with one attached hydrogen (secondary N) is 1. The predicted molar refractivity (Wildman–Crippen MR) is 77.2 cm³/mol. The summed E-state index contributed by atoms with van der Waals surface area (Å²) in [5.74, 6) is 0.964. The molecular weight excluding hydrogens is 258 g/mol. The molecule has 2 aromatic rings. The second kappa shape index (κ2) is 4.69. The predicted octanol–water partition coefficient (Wildman–Crippen LogP) is 4.35. The lowest BCUT2D eigenvalue weighted by molar-refractivity contribution is 0.262. The topological polar surface area (TPSA) is 25.2 Å². The van der Waals surface area contributed by atoms with Crippen LogP contribution in [0, 0.1) is 5.41 Å². The van der Waals surface area contributed by atoms with Crippen LogP contribution in [0.25, 0.3) is 0 Å². The van der Waals surface area contributed by atoms with Gasteiger partial charge in [0.15, 0.2) is 0 Å². The monoisotopic (exact) mass is 275 g/mol. The fourth-order valence-electron chi connectivity index (χ4n) is 3.01. The molecule has 0 amide bonds. The van der Waals surface area contributed by atoms with Crippen molar-refractivity contribution in [2.24, 2.45) is 5.41 Å². The minimum atomic E-state index is 0.194. The summed E-state index contributed by atoms with van der Waals surface area (Å²) >= 11 is 6.14. The summed E-state index contributed by atoms with van der Waals surface area (Å²) in [6, 6.07) is 10.4. The molecule has 1 atom stereocenters. The third kappa shape index (κ3) is 2.43. The van der Waals surface area contributed by atoms with Crippen molar-refractivity contribution in [2.45, 2.75) is 32.9 Å². The Hall–Kier alpha value is -1.25. The molecule has 0 fully saturated rings. The molecule has 1 aromatic heterocycles. The maximum Gasteiger partial charge on any atom is 0.117 e. The molecule has 1 aliphatic rings. The highest BCUT2D eigenvalue weighted by Crippen LogP contribution is 2.45. The van der Waals surface area contributed by atoms with E-state index in [1.54, 1.807) is 6.26 Å². The van der Waals surface area contributed by atoms with E-state index in [1.165, 1.54) is 11.1 Å². The molecule has 1 N–H and O–H groups in total. The van der Waals surface area contributed by atoms with E-state index >= 15 is 0 Å². The first-order valence-corrected chi connectivity index (χ1v) is 6.98. The summed E-state index contributed by atoms with van der Waals surface area (Å²) in [5.41, 5.74) is 2.91. The molecule has 0 radical (unpaired) electrons. The van der Waals surface area contributed by atoms with Crippen LogP contribution >= 0.6 is 11.6 Å². The number of rotatable bonds is 3. The summed E-state index contributed by atoms with van der Waals surface area (Å²) in [7, 11) is 0. The van der Waals surface area contributed by atoms with Gasteiger partial charge in [-0.15, -0.1) is 0 Å². The van der Waals surface area contributed by atoms with E-state index in [-0.39, 0.29) is 5.41 Å². The molecule has 3 rings (SSSR count). The molecule has 0 saturated heterocycles. The van der Waals surface area contributed by atoms with Gasteiger partial charge in [-0.25, -0.2) is 0 Å². The summed E-state index contributed by atoms with van der Waals surface area (Å²) in [5, 5.41) is 4.41. The number of halogens is 1. The molecule has 2 nitrogen and oxygen atoms in total. The van der Waals surface area contributed by atoms with Gasteiger partial charge in [0.25, 0.3) is 0 Å². The molecule has 1 heterocycles. The van der Waals surface area contributed by atoms with Gasteiger partial charge in [-0.2, -0.15) is 0 Å². The third-order valence-electron chi connectivity index (χ3n) is 3.91. The molecule has 0 aliphatic heterocycles. The molecule has 1 aromatic carbocycles. The fourth-order valence-corrected chi connectivity index (χ4v) is 3.19. The standard InChI is InChI=1S/C16H18ClNO/c1-16(2)9-11-5-6-12(17)8-14(11)15(16)18-10-13-4-3-7-19-13/h3-8,15,18H,9-10H2,1-2H3. The highest BCUT2D eigenvalue weighted by atomic mass is 35.5. The molecule has 0 spiro atoms. The van der Waals surface area contributed by atoms with Crippen molar-refractivity contribution >= 4 is 11.6 Å². The lowest BCUT2D eigenvalue weighted by atomic mass is 9.85. The van der Waals surface area contributed by atoms with Gasteiger partial charge in [0.05, 0.1) is 12.8 Å². The molecule has 1 unspecified atom stereocenters. The summed E-state index contributed by atoms with van der Waals surface area (Å²) in [4.78, 5) is 0. The largest absolute Gasteiger partial charge is 0.468 e. The van der Waals surface area contributed by atoms with E-state index in [4.69, 9.17) is 16.0 Å². The zero-order valence-electron chi connectivity index (χ0n) is 11.2. The second-order valence-corrected chi connectivity index (χ2v) is 6.34. The number of benzene rings is 1. The molecule has 0 bridgehead atoms. The van der Waals surface area contributed by atoms with Crippen LogP contribution in [0.15, 0.2) is 41.0 Å².